The van der Waals surface area contributed by atoms with E-state index in [9.17, 15) is 4.79 Å². The molecule has 0 radical (unpaired) electrons. The molecule has 0 aromatic rings. The number of nitrogens with zero attached hydrogens (tertiary/aromatic N) is 1. The summed E-state index contributed by atoms with van der Waals surface area (Å²) in [5, 5.41) is 0. The number of hydrogen-bond acceptors (Lipinski definition) is 3. The van der Waals surface area contributed by atoms with Gasteiger partial charge in [0.2, 0.25) is 0 Å². The Morgan fingerprint density at radius 3 is 2.71 bits per heavy atom. The molecule has 80 valence electrons. The molecule has 0 amide bonds. The van der Waals surface area contributed by atoms with Crippen LogP contribution in [0.4, 0.5) is 0 Å². The van der Waals surface area contributed by atoms with Crippen LogP contribution in [0.25, 0.3) is 0 Å². The van der Waals surface area contributed by atoms with E-state index >= 15 is 0 Å². The highest BCUT2D eigenvalue weighted by molar-refractivity contribution is 5.75. The van der Waals surface area contributed by atoms with Gasteiger partial charge in [0.25, 0.3) is 0 Å². The van der Waals surface area contributed by atoms with Crippen LogP contribution in [0.3, 0.4) is 0 Å². The molecule has 0 saturated heterocycles. The van der Waals surface area contributed by atoms with Crippen molar-refractivity contribution in [2.75, 3.05) is 20.7 Å². The van der Waals surface area contributed by atoms with Crippen molar-refractivity contribution in [3.63, 3.8) is 0 Å². The van der Waals surface area contributed by atoms with Gasteiger partial charge in [-0.1, -0.05) is 31.7 Å². The Kier molecular flexibility index (Phi) is 6.76. The van der Waals surface area contributed by atoms with Crippen LogP contribution in [0.2, 0.25) is 0 Å². The summed E-state index contributed by atoms with van der Waals surface area (Å²) < 4.78 is 4.71. The molecular formula is C11H19NO2. The first-order valence-corrected chi connectivity index (χ1v) is 4.73. The van der Waals surface area contributed by atoms with Crippen LogP contribution in [-0.4, -0.2) is 37.6 Å². The molecule has 0 aliphatic heterocycles. The minimum Gasteiger partial charge on any atom is -0.468 e. The molecule has 0 fully saturated rings. The Bertz CT molecular complexity index is 211. The highest BCUT2D eigenvalue weighted by Gasteiger charge is 2.20. The maximum absolute atomic E-state index is 11.3. The van der Waals surface area contributed by atoms with Gasteiger partial charge in [-0.15, -0.1) is 0 Å². The first-order valence-electron chi connectivity index (χ1n) is 4.73. The fourth-order valence-corrected chi connectivity index (χ4v) is 1.24. The predicted octanol–water partition coefficient (Wildman–Crippen LogP) is 1.61. The zero-order chi connectivity index (χ0) is 11.0. The second kappa shape index (κ2) is 7.33. The third-order valence-corrected chi connectivity index (χ3v) is 2.06. The predicted molar refractivity (Wildman–Crippen MR) is 58.1 cm³/mol. The summed E-state index contributed by atoms with van der Waals surface area (Å²) in [5.74, 6) is -0.179. The number of carbonyl (C=O) groups excluding carboxylic acids is 1. The molecule has 0 saturated carbocycles. The van der Waals surface area contributed by atoms with E-state index in [4.69, 9.17) is 4.74 Å². The number of rotatable bonds is 6. The van der Waals surface area contributed by atoms with Crippen LogP contribution in [0.1, 0.15) is 13.3 Å². The SMILES string of the molecule is C=C/C=C/CN(C)C(CC)C(=O)OC. The zero-order valence-electron chi connectivity index (χ0n) is 9.19. The van der Waals surface area contributed by atoms with Crippen molar-refractivity contribution < 1.29 is 9.53 Å². The van der Waals surface area contributed by atoms with Crippen LogP contribution in [0.5, 0.6) is 0 Å². The summed E-state index contributed by atoms with van der Waals surface area (Å²) in [6, 6.07) is -0.158. The minimum absolute atomic E-state index is 0.158. The smallest absolute Gasteiger partial charge is 0.323 e. The van der Waals surface area contributed by atoms with Gasteiger partial charge in [-0.05, 0) is 13.5 Å². The molecule has 0 aromatic heterocycles. The van der Waals surface area contributed by atoms with Crippen molar-refractivity contribution in [1.29, 1.82) is 0 Å². The molecule has 1 unspecified atom stereocenters. The third kappa shape index (κ3) is 4.23. The molecule has 0 N–H and O–H groups in total. The minimum atomic E-state index is -0.179. The van der Waals surface area contributed by atoms with E-state index in [1.54, 1.807) is 6.08 Å². The normalized spacial score (nSPS) is 13.1. The maximum Gasteiger partial charge on any atom is 0.323 e. The lowest BCUT2D eigenvalue weighted by Gasteiger charge is -2.23. The quantitative estimate of drug-likeness (QED) is 0.478. The van der Waals surface area contributed by atoms with E-state index in [2.05, 4.69) is 6.58 Å². The number of carbonyl (C=O) groups is 1. The Morgan fingerprint density at radius 1 is 1.64 bits per heavy atom. The van der Waals surface area contributed by atoms with Crippen molar-refractivity contribution in [2.24, 2.45) is 0 Å². The average molecular weight is 197 g/mol. The van der Waals surface area contributed by atoms with E-state index in [0.717, 1.165) is 13.0 Å². The van der Waals surface area contributed by atoms with Crippen molar-refractivity contribution in [3.8, 4) is 0 Å². The monoisotopic (exact) mass is 197 g/mol. The van der Waals surface area contributed by atoms with Crippen LogP contribution < -0.4 is 0 Å². The van der Waals surface area contributed by atoms with Gasteiger partial charge in [-0.25, -0.2) is 0 Å². The Hall–Kier alpha value is -1.09. The van der Waals surface area contributed by atoms with Crippen LogP contribution >= 0.6 is 0 Å². The van der Waals surface area contributed by atoms with Crippen molar-refractivity contribution in [1.82, 2.24) is 4.90 Å². The lowest BCUT2D eigenvalue weighted by molar-refractivity contribution is -0.146. The molecule has 0 aromatic carbocycles. The molecule has 14 heavy (non-hydrogen) atoms. The van der Waals surface area contributed by atoms with Gasteiger partial charge in [0, 0.05) is 6.54 Å². The van der Waals surface area contributed by atoms with Crippen LogP contribution in [0.15, 0.2) is 24.8 Å². The molecule has 0 aliphatic carbocycles. The number of likely N-dealkylation sites (N-methyl/N-ethyl adjacent to an activating group) is 1. The average Bonchev–Trinajstić information content (AvgIpc) is 2.19. The molecule has 0 spiro atoms. The molecule has 3 nitrogen and oxygen atoms in total. The van der Waals surface area contributed by atoms with Crippen molar-refractivity contribution >= 4 is 5.97 Å². The summed E-state index contributed by atoms with van der Waals surface area (Å²) in [4.78, 5) is 13.3. The second-order valence-corrected chi connectivity index (χ2v) is 3.05. The number of methoxy groups -OCH3 is 1. The lowest BCUT2D eigenvalue weighted by Crippen LogP contribution is -2.38. The molecule has 3 heteroatoms. The Labute approximate surface area is 86.0 Å². The second-order valence-electron chi connectivity index (χ2n) is 3.05. The standard InChI is InChI=1S/C11H19NO2/c1-5-7-8-9-12(3)10(6-2)11(13)14-4/h5,7-8,10H,1,6,9H2,2-4H3/b8-7+. The maximum atomic E-state index is 11.3. The van der Waals surface area contributed by atoms with Gasteiger partial charge in [-0.3, -0.25) is 9.69 Å². The van der Waals surface area contributed by atoms with E-state index in [0.29, 0.717) is 0 Å². The molecule has 0 heterocycles. The van der Waals surface area contributed by atoms with Crippen molar-refractivity contribution in [3.05, 3.63) is 24.8 Å². The van der Waals surface area contributed by atoms with E-state index in [1.165, 1.54) is 7.11 Å². The number of esters is 1. The summed E-state index contributed by atoms with van der Waals surface area (Å²) in [7, 11) is 3.32. The molecule has 0 aliphatic rings. The fraction of sp³-hybridized carbons (Fsp3) is 0.545. The largest absolute Gasteiger partial charge is 0.468 e. The lowest BCUT2D eigenvalue weighted by atomic mass is 10.2. The fourth-order valence-electron chi connectivity index (χ4n) is 1.24. The first-order chi connectivity index (χ1) is 6.67. The zero-order valence-corrected chi connectivity index (χ0v) is 9.19. The van der Waals surface area contributed by atoms with Gasteiger partial charge < -0.3 is 4.74 Å². The van der Waals surface area contributed by atoms with Gasteiger partial charge in [0.05, 0.1) is 7.11 Å². The highest BCUT2D eigenvalue weighted by atomic mass is 16.5. The topological polar surface area (TPSA) is 29.5 Å². The number of ether oxygens (including phenoxy) is 1. The molecule has 0 rings (SSSR count). The summed E-state index contributed by atoms with van der Waals surface area (Å²) in [6.45, 7) is 6.27. The van der Waals surface area contributed by atoms with Crippen LogP contribution in [0, 0.1) is 0 Å². The summed E-state index contributed by atoms with van der Waals surface area (Å²) in [6.07, 6.45) is 6.29. The molecule has 0 bridgehead atoms. The molecular weight excluding hydrogens is 178 g/mol. The summed E-state index contributed by atoms with van der Waals surface area (Å²) >= 11 is 0. The first kappa shape index (κ1) is 12.9. The van der Waals surface area contributed by atoms with Gasteiger partial charge in [0.15, 0.2) is 0 Å². The van der Waals surface area contributed by atoms with Crippen LogP contribution in [-0.2, 0) is 9.53 Å². The molecule has 1 atom stereocenters. The van der Waals surface area contributed by atoms with Gasteiger partial charge in [-0.2, -0.15) is 0 Å². The van der Waals surface area contributed by atoms with Gasteiger partial charge >= 0.3 is 5.97 Å². The van der Waals surface area contributed by atoms with Gasteiger partial charge in [0.1, 0.15) is 6.04 Å². The van der Waals surface area contributed by atoms with E-state index in [-0.39, 0.29) is 12.0 Å². The van der Waals surface area contributed by atoms with E-state index < -0.39 is 0 Å². The third-order valence-electron chi connectivity index (χ3n) is 2.06. The van der Waals surface area contributed by atoms with Crippen molar-refractivity contribution in [2.45, 2.75) is 19.4 Å². The highest BCUT2D eigenvalue weighted by Crippen LogP contribution is 2.03. The number of hydrogen-bond donors (Lipinski definition) is 0. The Morgan fingerprint density at radius 2 is 2.29 bits per heavy atom. The van der Waals surface area contributed by atoms with E-state index in [1.807, 2.05) is 31.0 Å². The Balaban J connectivity index is 4.16. The summed E-state index contributed by atoms with van der Waals surface area (Å²) in [5.41, 5.74) is 0. The number of allylic oxidation sites excluding steroid dienone is 2.